The summed E-state index contributed by atoms with van der Waals surface area (Å²) in [5.74, 6) is 0.544. The van der Waals surface area contributed by atoms with Crippen molar-refractivity contribution in [3.05, 3.63) is 0 Å². The topological polar surface area (TPSA) is 58.2 Å². The Balaban J connectivity index is 4.34. The van der Waals surface area contributed by atoms with Crippen LogP contribution < -0.4 is 10.6 Å². The van der Waals surface area contributed by atoms with Crippen molar-refractivity contribution >= 4 is 11.8 Å². The number of unbranched alkanes of at least 4 members (excludes halogenated alkanes) is 2. The van der Waals surface area contributed by atoms with Crippen LogP contribution in [0.2, 0.25) is 0 Å². The molecule has 2 atom stereocenters. The molecule has 4 nitrogen and oxygen atoms in total. The lowest BCUT2D eigenvalue weighted by Gasteiger charge is -2.27. The molecule has 0 heterocycles. The number of carbonyl (C=O) groups is 2. The van der Waals surface area contributed by atoms with Gasteiger partial charge in [0.25, 0.3) is 0 Å². The van der Waals surface area contributed by atoms with Crippen molar-refractivity contribution in [2.24, 2.45) is 17.3 Å². The summed E-state index contributed by atoms with van der Waals surface area (Å²) in [5.41, 5.74) is -0.141. The first-order valence-electron chi connectivity index (χ1n) is 10.4. The van der Waals surface area contributed by atoms with Crippen LogP contribution in [-0.4, -0.2) is 24.9 Å². The van der Waals surface area contributed by atoms with Gasteiger partial charge < -0.3 is 10.6 Å². The fourth-order valence-electron chi connectivity index (χ4n) is 2.95. The molecule has 4 heteroatoms. The van der Waals surface area contributed by atoms with Gasteiger partial charge in [0.1, 0.15) is 0 Å². The molecule has 0 rings (SSSR count). The van der Waals surface area contributed by atoms with Gasteiger partial charge >= 0.3 is 0 Å². The highest BCUT2D eigenvalue weighted by Crippen LogP contribution is 2.17. The van der Waals surface area contributed by atoms with Gasteiger partial charge in [-0.2, -0.15) is 0 Å². The molecule has 0 aliphatic carbocycles. The van der Waals surface area contributed by atoms with Gasteiger partial charge in [-0.25, -0.2) is 0 Å². The molecule has 0 bridgehead atoms. The molecule has 25 heavy (non-hydrogen) atoms. The number of amides is 2. The van der Waals surface area contributed by atoms with E-state index in [9.17, 15) is 9.59 Å². The Hall–Kier alpha value is -1.06. The maximum absolute atomic E-state index is 12.3. The zero-order valence-electron chi connectivity index (χ0n) is 17.5. The molecule has 0 aliphatic rings. The summed E-state index contributed by atoms with van der Waals surface area (Å²) >= 11 is 0. The van der Waals surface area contributed by atoms with E-state index in [0.29, 0.717) is 13.1 Å². The molecule has 0 radical (unpaired) electrons. The first kappa shape index (κ1) is 23.9. The van der Waals surface area contributed by atoms with Gasteiger partial charge in [0.05, 0.1) is 0 Å². The SMILES string of the molecule is CCCC[C@@H](CC)C(=O)NCC(C)(C)CNC(=O)[C@H](CC)CCCC. The third-order valence-corrected chi connectivity index (χ3v) is 5.02. The average molecular weight is 355 g/mol. The van der Waals surface area contributed by atoms with E-state index in [2.05, 4.69) is 52.2 Å². The van der Waals surface area contributed by atoms with Gasteiger partial charge in [0.15, 0.2) is 0 Å². The van der Waals surface area contributed by atoms with Gasteiger partial charge in [0.2, 0.25) is 11.8 Å². The molecule has 0 aliphatic heterocycles. The summed E-state index contributed by atoms with van der Waals surface area (Å²) in [7, 11) is 0. The van der Waals surface area contributed by atoms with Crippen molar-refractivity contribution < 1.29 is 9.59 Å². The van der Waals surface area contributed by atoms with E-state index in [1.807, 2.05) is 0 Å². The van der Waals surface area contributed by atoms with Crippen LogP contribution in [0.1, 0.15) is 92.9 Å². The smallest absolute Gasteiger partial charge is 0.223 e. The van der Waals surface area contributed by atoms with E-state index in [4.69, 9.17) is 0 Å². The van der Waals surface area contributed by atoms with E-state index in [1.165, 1.54) is 0 Å². The fourth-order valence-corrected chi connectivity index (χ4v) is 2.95. The zero-order chi connectivity index (χ0) is 19.3. The van der Waals surface area contributed by atoms with Gasteiger partial charge in [-0.3, -0.25) is 9.59 Å². The number of hydrogen-bond donors (Lipinski definition) is 2. The lowest BCUT2D eigenvalue weighted by atomic mass is 9.91. The van der Waals surface area contributed by atoms with Gasteiger partial charge in [-0.15, -0.1) is 0 Å². The molecule has 0 aromatic carbocycles. The zero-order valence-corrected chi connectivity index (χ0v) is 17.5. The molecular formula is C21H42N2O2. The summed E-state index contributed by atoms with van der Waals surface area (Å²) in [6.45, 7) is 13.8. The first-order chi connectivity index (χ1) is 11.8. The van der Waals surface area contributed by atoms with Crippen LogP contribution in [0.3, 0.4) is 0 Å². The highest BCUT2D eigenvalue weighted by Gasteiger charge is 2.24. The van der Waals surface area contributed by atoms with Crippen LogP contribution in [0.25, 0.3) is 0 Å². The second-order valence-electron chi connectivity index (χ2n) is 8.09. The normalized spacial score (nSPS) is 14.0. The molecule has 0 saturated heterocycles. The molecule has 148 valence electrons. The standard InChI is InChI=1S/C21H42N2O2/c1-7-11-13-17(9-3)19(24)22-15-21(5,6)16-23-20(25)18(10-4)14-12-8-2/h17-18H,7-16H2,1-6H3,(H,22,24)(H,23,25)/t17-,18-/m1/s1. The van der Waals surface area contributed by atoms with Crippen LogP contribution in [0, 0.1) is 17.3 Å². The largest absolute Gasteiger partial charge is 0.355 e. The van der Waals surface area contributed by atoms with Crippen LogP contribution >= 0.6 is 0 Å². The highest BCUT2D eigenvalue weighted by molar-refractivity contribution is 5.79. The molecule has 0 spiro atoms. The van der Waals surface area contributed by atoms with E-state index in [1.54, 1.807) is 0 Å². The maximum Gasteiger partial charge on any atom is 0.223 e. The predicted molar refractivity (Wildman–Crippen MR) is 106 cm³/mol. The van der Waals surface area contributed by atoms with Crippen molar-refractivity contribution in [3.63, 3.8) is 0 Å². The van der Waals surface area contributed by atoms with E-state index in [0.717, 1.165) is 51.4 Å². The molecule has 0 aromatic heterocycles. The minimum Gasteiger partial charge on any atom is -0.355 e. The minimum absolute atomic E-state index is 0.115. The molecule has 2 amide bonds. The van der Waals surface area contributed by atoms with Gasteiger partial charge in [0, 0.05) is 24.9 Å². The average Bonchev–Trinajstić information content (AvgIpc) is 2.59. The van der Waals surface area contributed by atoms with Crippen molar-refractivity contribution in [1.29, 1.82) is 0 Å². The Morgan fingerprint density at radius 2 is 1.12 bits per heavy atom. The Bertz CT molecular complexity index is 346. The van der Waals surface area contributed by atoms with Crippen molar-refractivity contribution in [1.82, 2.24) is 10.6 Å². The summed E-state index contributed by atoms with van der Waals surface area (Å²) < 4.78 is 0. The third kappa shape index (κ3) is 10.5. The Kier molecular flexibility index (Phi) is 12.6. The lowest BCUT2D eigenvalue weighted by molar-refractivity contribution is -0.125. The summed E-state index contributed by atoms with van der Waals surface area (Å²) in [6, 6.07) is 0. The second kappa shape index (κ2) is 13.2. The number of rotatable bonds is 14. The monoisotopic (exact) mass is 354 g/mol. The van der Waals surface area contributed by atoms with Crippen molar-refractivity contribution in [2.75, 3.05) is 13.1 Å². The third-order valence-electron chi connectivity index (χ3n) is 5.02. The quantitative estimate of drug-likeness (QED) is 0.476. The minimum atomic E-state index is -0.141. The molecular weight excluding hydrogens is 312 g/mol. The molecule has 0 saturated carbocycles. The van der Waals surface area contributed by atoms with E-state index >= 15 is 0 Å². The molecule has 0 aromatic rings. The van der Waals surface area contributed by atoms with Crippen LogP contribution in [-0.2, 0) is 9.59 Å². The number of nitrogens with one attached hydrogen (secondary N) is 2. The maximum atomic E-state index is 12.3. The summed E-state index contributed by atoms with van der Waals surface area (Å²) in [5, 5.41) is 6.19. The van der Waals surface area contributed by atoms with Crippen LogP contribution in [0.4, 0.5) is 0 Å². The number of carbonyl (C=O) groups excluding carboxylic acids is 2. The summed E-state index contributed by atoms with van der Waals surface area (Å²) in [6.07, 6.45) is 8.15. The van der Waals surface area contributed by atoms with E-state index < -0.39 is 0 Å². The fraction of sp³-hybridized carbons (Fsp3) is 0.905. The molecule has 0 unspecified atom stereocenters. The van der Waals surface area contributed by atoms with Crippen molar-refractivity contribution in [3.8, 4) is 0 Å². The highest BCUT2D eigenvalue weighted by atomic mass is 16.2. The van der Waals surface area contributed by atoms with Gasteiger partial charge in [-0.05, 0) is 31.1 Å². The molecule has 0 fully saturated rings. The van der Waals surface area contributed by atoms with Crippen LogP contribution in [0.5, 0.6) is 0 Å². The van der Waals surface area contributed by atoms with Crippen molar-refractivity contribution in [2.45, 2.75) is 92.9 Å². The lowest BCUT2D eigenvalue weighted by Crippen LogP contribution is -2.44. The Morgan fingerprint density at radius 3 is 1.40 bits per heavy atom. The van der Waals surface area contributed by atoms with Crippen LogP contribution in [0.15, 0.2) is 0 Å². The van der Waals surface area contributed by atoms with Gasteiger partial charge in [-0.1, -0.05) is 67.2 Å². The number of hydrogen-bond acceptors (Lipinski definition) is 2. The Labute approximate surface area is 155 Å². The first-order valence-corrected chi connectivity index (χ1v) is 10.4. The summed E-state index contributed by atoms with van der Waals surface area (Å²) in [4.78, 5) is 24.7. The molecule has 2 N–H and O–H groups in total. The Morgan fingerprint density at radius 1 is 0.760 bits per heavy atom. The second-order valence-corrected chi connectivity index (χ2v) is 8.09. The predicted octanol–water partition coefficient (Wildman–Crippen LogP) is 4.68. The van der Waals surface area contributed by atoms with E-state index in [-0.39, 0.29) is 29.1 Å².